The van der Waals surface area contributed by atoms with Crippen molar-refractivity contribution in [3.63, 3.8) is 0 Å². The average Bonchev–Trinajstić information content (AvgIpc) is 3.31. The van der Waals surface area contributed by atoms with E-state index in [0.29, 0.717) is 59.0 Å². The standard InChI is InChI=1S/C24H24FN9O/c1-27-20-21(26)34-23(32-22(20)30-11-14-5-7-33(8-6-14)24(35)28-2)18(13-31-34)16-9-15-10-17(25)3-4-19(15)29-12-16/h3-4,9-10,12-14H,5-8,11,26H2,2H3,(H,28,35)(H,30,32). The molecule has 3 aromatic heterocycles. The van der Waals surface area contributed by atoms with E-state index in [1.807, 2.05) is 6.07 Å². The second kappa shape index (κ2) is 9.06. The van der Waals surface area contributed by atoms with Crippen LogP contribution in [-0.4, -0.2) is 57.2 Å². The number of piperidine rings is 1. The number of fused-ring (bicyclic) bond motifs is 2. The maximum atomic E-state index is 13.7. The van der Waals surface area contributed by atoms with Gasteiger partial charge in [0.1, 0.15) is 17.5 Å². The largest absolute Gasteiger partial charge is 0.392 e. The van der Waals surface area contributed by atoms with Crippen LogP contribution in [0.2, 0.25) is 0 Å². The summed E-state index contributed by atoms with van der Waals surface area (Å²) >= 11 is 0. The fraction of sp³-hybridized carbons (Fsp3) is 0.292. The smallest absolute Gasteiger partial charge is 0.317 e. The Kier molecular flexibility index (Phi) is 5.78. The molecular weight excluding hydrogens is 449 g/mol. The van der Waals surface area contributed by atoms with Gasteiger partial charge < -0.3 is 21.3 Å². The maximum Gasteiger partial charge on any atom is 0.317 e. The van der Waals surface area contributed by atoms with Crippen LogP contribution >= 0.6 is 0 Å². The predicted octanol–water partition coefficient (Wildman–Crippen LogP) is 3.68. The highest BCUT2D eigenvalue weighted by atomic mass is 19.1. The van der Waals surface area contributed by atoms with Gasteiger partial charge in [-0.2, -0.15) is 5.10 Å². The van der Waals surface area contributed by atoms with E-state index < -0.39 is 0 Å². The van der Waals surface area contributed by atoms with Gasteiger partial charge in [-0.3, -0.25) is 4.98 Å². The number of carbonyl (C=O) groups is 1. The quantitative estimate of drug-likeness (QED) is 0.389. The number of halogens is 1. The van der Waals surface area contributed by atoms with Crippen molar-refractivity contribution in [1.82, 2.24) is 29.8 Å². The summed E-state index contributed by atoms with van der Waals surface area (Å²) in [5.74, 6) is 0.569. The van der Waals surface area contributed by atoms with E-state index >= 15 is 0 Å². The van der Waals surface area contributed by atoms with Crippen LogP contribution in [0.3, 0.4) is 0 Å². The van der Waals surface area contributed by atoms with Crippen LogP contribution in [0.15, 0.2) is 36.7 Å². The van der Waals surface area contributed by atoms with Gasteiger partial charge in [0.15, 0.2) is 5.65 Å². The lowest BCUT2D eigenvalue weighted by atomic mass is 9.97. The Labute approximate surface area is 200 Å². The molecule has 0 saturated carbocycles. The summed E-state index contributed by atoms with van der Waals surface area (Å²) in [6.07, 6.45) is 5.00. The number of nitrogen functional groups attached to an aromatic ring is 1. The Morgan fingerprint density at radius 1 is 1.29 bits per heavy atom. The molecule has 1 aromatic carbocycles. The Balaban J connectivity index is 1.44. The number of nitrogens with zero attached hydrogens (tertiary/aromatic N) is 6. The van der Waals surface area contributed by atoms with Crippen molar-refractivity contribution < 1.29 is 9.18 Å². The van der Waals surface area contributed by atoms with Gasteiger partial charge in [-0.25, -0.2) is 23.5 Å². The van der Waals surface area contributed by atoms with E-state index in [9.17, 15) is 9.18 Å². The third kappa shape index (κ3) is 4.14. The molecule has 1 aliphatic rings. The number of benzene rings is 1. The molecule has 5 rings (SSSR count). The number of rotatable bonds is 4. The van der Waals surface area contributed by atoms with E-state index in [-0.39, 0.29) is 23.4 Å². The third-order valence-corrected chi connectivity index (χ3v) is 6.40. The zero-order chi connectivity index (χ0) is 24.5. The number of urea groups is 1. The van der Waals surface area contributed by atoms with Crippen LogP contribution in [0, 0.1) is 18.3 Å². The summed E-state index contributed by atoms with van der Waals surface area (Å²) in [5.41, 5.74) is 9.05. The minimum atomic E-state index is -0.340. The summed E-state index contributed by atoms with van der Waals surface area (Å²) in [6.45, 7) is 9.59. The molecule has 0 spiro atoms. The summed E-state index contributed by atoms with van der Waals surface area (Å²) in [5, 5.41) is 11.0. The van der Waals surface area contributed by atoms with Gasteiger partial charge in [-0.1, -0.05) is 0 Å². The summed E-state index contributed by atoms with van der Waals surface area (Å²) in [7, 11) is 1.63. The molecule has 178 valence electrons. The van der Waals surface area contributed by atoms with Crippen LogP contribution in [0.5, 0.6) is 0 Å². The third-order valence-electron chi connectivity index (χ3n) is 6.40. The van der Waals surface area contributed by atoms with Crippen molar-refractivity contribution in [3.05, 3.63) is 53.9 Å². The van der Waals surface area contributed by atoms with Crippen LogP contribution in [-0.2, 0) is 0 Å². The topological polar surface area (TPSA) is 118 Å². The average molecular weight is 474 g/mol. The van der Waals surface area contributed by atoms with Crippen molar-refractivity contribution >= 4 is 39.9 Å². The number of likely N-dealkylation sites (tertiary alicyclic amines) is 1. The van der Waals surface area contributed by atoms with Gasteiger partial charge in [0, 0.05) is 49.4 Å². The lowest BCUT2D eigenvalue weighted by molar-refractivity contribution is 0.175. The van der Waals surface area contributed by atoms with Crippen LogP contribution in [0.25, 0.3) is 32.5 Å². The molecule has 35 heavy (non-hydrogen) atoms. The van der Waals surface area contributed by atoms with Gasteiger partial charge in [-0.15, -0.1) is 0 Å². The van der Waals surface area contributed by atoms with E-state index in [0.717, 1.165) is 12.8 Å². The maximum absolute atomic E-state index is 13.7. The summed E-state index contributed by atoms with van der Waals surface area (Å²) in [4.78, 5) is 26.3. The van der Waals surface area contributed by atoms with E-state index in [1.165, 1.54) is 16.6 Å². The molecule has 1 fully saturated rings. The molecule has 0 unspecified atom stereocenters. The zero-order valence-electron chi connectivity index (χ0n) is 19.1. The first kappa shape index (κ1) is 22.3. The first-order valence-electron chi connectivity index (χ1n) is 11.3. The lowest BCUT2D eigenvalue weighted by Gasteiger charge is -2.31. The number of hydrogen-bond acceptors (Lipinski definition) is 6. The van der Waals surface area contributed by atoms with Crippen molar-refractivity contribution in [1.29, 1.82) is 0 Å². The highest BCUT2D eigenvalue weighted by Crippen LogP contribution is 2.35. The Bertz CT molecular complexity index is 1470. The Morgan fingerprint density at radius 3 is 2.83 bits per heavy atom. The SMILES string of the molecule is [C-]#[N+]c1c(NCC2CCN(C(=O)NC)CC2)nc2c(-c3cnc4ccc(F)cc4c3)cnn2c1N. The van der Waals surface area contributed by atoms with Crippen molar-refractivity contribution in [2.45, 2.75) is 12.8 Å². The molecule has 1 saturated heterocycles. The molecule has 0 bridgehead atoms. The van der Waals surface area contributed by atoms with Gasteiger partial charge >= 0.3 is 6.03 Å². The second-order valence-electron chi connectivity index (χ2n) is 8.53. The Hall–Kier alpha value is -4.46. The fourth-order valence-electron chi connectivity index (χ4n) is 4.43. The molecule has 0 aliphatic carbocycles. The highest BCUT2D eigenvalue weighted by molar-refractivity contribution is 5.89. The minimum absolute atomic E-state index is 0.0641. The molecular formula is C24H24FN9O. The number of pyridine rings is 1. The van der Waals surface area contributed by atoms with Gasteiger partial charge in [0.2, 0.25) is 0 Å². The number of nitrogens with two attached hydrogens (primary N) is 1. The van der Waals surface area contributed by atoms with E-state index in [2.05, 4.69) is 25.6 Å². The van der Waals surface area contributed by atoms with Crippen molar-refractivity contribution in [2.75, 3.05) is 37.7 Å². The number of amides is 2. The minimum Gasteiger partial charge on any atom is -0.392 e. The molecule has 0 radical (unpaired) electrons. The number of hydrogen-bond donors (Lipinski definition) is 3. The van der Waals surface area contributed by atoms with Crippen LogP contribution < -0.4 is 16.4 Å². The number of nitrogens with one attached hydrogen (secondary N) is 2. The fourth-order valence-corrected chi connectivity index (χ4v) is 4.43. The van der Waals surface area contributed by atoms with Gasteiger partial charge in [-0.05, 0) is 43.0 Å². The molecule has 4 N–H and O–H groups in total. The monoisotopic (exact) mass is 473 g/mol. The lowest BCUT2D eigenvalue weighted by Crippen LogP contribution is -2.44. The number of carbonyl (C=O) groups excluding carboxylic acids is 1. The summed E-state index contributed by atoms with van der Waals surface area (Å²) in [6, 6.07) is 6.20. The van der Waals surface area contributed by atoms with Crippen molar-refractivity contribution in [2.24, 2.45) is 5.92 Å². The molecule has 4 aromatic rings. The second-order valence-corrected chi connectivity index (χ2v) is 8.53. The predicted molar refractivity (Wildman–Crippen MR) is 132 cm³/mol. The molecule has 11 heteroatoms. The molecule has 10 nitrogen and oxygen atoms in total. The molecule has 4 heterocycles. The van der Waals surface area contributed by atoms with E-state index in [4.69, 9.17) is 17.3 Å². The first-order valence-corrected chi connectivity index (χ1v) is 11.3. The first-order chi connectivity index (χ1) is 17.0. The number of anilines is 2. The normalized spacial score (nSPS) is 14.3. The summed E-state index contributed by atoms with van der Waals surface area (Å²) < 4.78 is 15.2. The molecule has 2 amide bonds. The number of aromatic nitrogens is 4. The van der Waals surface area contributed by atoms with Crippen LogP contribution in [0.1, 0.15) is 12.8 Å². The van der Waals surface area contributed by atoms with Crippen LogP contribution in [0.4, 0.5) is 26.5 Å². The van der Waals surface area contributed by atoms with Gasteiger partial charge in [0.05, 0.1) is 18.3 Å². The molecule has 0 atom stereocenters. The molecule has 1 aliphatic heterocycles. The Morgan fingerprint density at radius 2 is 2.09 bits per heavy atom. The van der Waals surface area contributed by atoms with Crippen molar-refractivity contribution in [3.8, 4) is 11.1 Å². The van der Waals surface area contributed by atoms with E-state index in [1.54, 1.807) is 30.4 Å². The zero-order valence-corrected chi connectivity index (χ0v) is 19.1. The van der Waals surface area contributed by atoms with Gasteiger partial charge in [0.25, 0.3) is 5.69 Å². The highest BCUT2D eigenvalue weighted by Gasteiger charge is 2.23.